The van der Waals surface area contributed by atoms with E-state index in [2.05, 4.69) is 27.3 Å². The Morgan fingerprint density at radius 3 is 2.88 bits per heavy atom. The van der Waals surface area contributed by atoms with Crippen molar-refractivity contribution in [2.75, 3.05) is 33.4 Å². The normalized spacial score (nSPS) is 24.2. The second-order valence-electron chi connectivity index (χ2n) is 7.12. The topological polar surface area (TPSA) is 55.3 Å². The second kappa shape index (κ2) is 9.24. The molecule has 144 valence electrons. The number of guanidine groups is 1. The Hall–Kier alpha value is -1.79. The van der Waals surface area contributed by atoms with Gasteiger partial charge in [0.2, 0.25) is 0 Å². The zero-order valence-corrected chi connectivity index (χ0v) is 16.1. The molecule has 6 heteroatoms. The van der Waals surface area contributed by atoms with Gasteiger partial charge in [0.15, 0.2) is 5.96 Å². The summed E-state index contributed by atoms with van der Waals surface area (Å²) in [5, 5.41) is 3.47. The van der Waals surface area contributed by atoms with E-state index >= 15 is 0 Å². The van der Waals surface area contributed by atoms with E-state index < -0.39 is 0 Å². The van der Waals surface area contributed by atoms with E-state index in [9.17, 15) is 0 Å². The van der Waals surface area contributed by atoms with Crippen LogP contribution in [-0.2, 0) is 16.0 Å². The van der Waals surface area contributed by atoms with Crippen LogP contribution in [0.4, 0.5) is 0 Å². The lowest BCUT2D eigenvalue weighted by molar-refractivity contribution is -0.0817. The molecule has 2 fully saturated rings. The van der Waals surface area contributed by atoms with Crippen LogP contribution in [-0.4, -0.2) is 62.5 Å². The van der Waals surface area contributed by atoms with Crippen LogP contribution in [0.1, 0.15) is 32.3 Å². The number of hydrogen-bond acceptors (Lipinski definition) is 4. The minimum absolute atomic E-state index is 0.132. The van der Waals surface area contributed by atoms with Gasteiger partial charge in [-0.25, -0.2) is 0 Å². The van der Waals surface area contributed by atoms with E-state index in [1.54, 1.807) is 0 Å². The lowest BCUT2D eigenvalue weighted by Gasteiger charge is -2.37. The molecule has 1 aromatic carbocycles. The molecule has 2 unspecified atom stereocenters. The van der Waals surface area contributed by atoms with E-state index in [1.165, 1.54) is 5.56 Å². The molecule has 0 radical (unpaired) electrons. The van der Waals surface area contributed by atoms with Crippen LogP contribution in [0.2, 0.25) is 0 Å². The molecule has 2 aliphatic heterocycles. The summed E-state index contributed by atoms with van der Waals surface area (Å²) in [7, 11) is 1.83. The van der Waals surface area contributed by atoms with E-state index in [0.29, 0.717) is 13.2 Å². The molecule has 0 aromatic heterocycles. The second-order valence-corrected chi connectivity index (χ2v) is 7.12. The van der Waals surface area contributed by atoms with Gasteiger partial charge in [0.05, 0.1) is 18.8 Å². The van der Waals surface area contributed by atoms with Crippen LogP contribution in [0, 0.1) is 0 Å². The van der Waals surface area contributed by atoms with Crippen molar-refractivity contribution in [3.63, 3.8) is 0 Å². The third-order valence-corrected chi connectivity index (χ3v) is 4.71. The maximum Gasteiger partial charge on any atom is 0.194 e. The van der Waals surface area contributed by atoms with Crippen LogP contribution in [0.3, 0.4) is 0 Å². The molecule has 2 heterocycles. The van der Waals surface area contributed by atoms with Crippen molar-refractivity contribution >= 4 is 5.96 Å². The molecule has 6 nitrogen and oxygen atoms in total. The number of nitrogens with zero attached hydrogens (tertiary/aromatic N) is 2. The molecule has 2 aliphatic rings. The summed E-state index contributed by atoms with van der Waals surface area (Å²) in [5.41, 5.74) is 1.17. The smallest absolute Gasteiger partial charge is 0.194 e. The summed E-state index contributed by atoms with van der Waals surface area (Å²) in [6.45, 7) is 8.02. The predicted molar refractivity (Wildman–Crippen MR) is 103 cm³/mol. The van der Waals surface area contributed by atoms with E-state index in [4.69, 9.17) is 14.2 Å². The summed E-state index contributed by atoms with van der Waals surface area (Å²) in [5.74, 6) is 1.81. The van der Waals surface area contributed by atoms with Gasteiger partial charge in [-0.3, -0.25) is 4.99 Å². The highest BCUT2D eigenvalue weighted by molar-refractivity contribution is 5.80. The van der Waals surface area contributed by atoms with Gasteiger partial charge in [0.1, 0.15) is 11.9 Å². The number of rotatable bonds is 5. The SMILES string of the molecule is CN=C(NCc1cccc(OC(C)C)c1)N1CCOC(C2CCCO2)C1. The molecule has 26 heavy (non-hydrogen) atoms. The van der Waals surface area contributed by atoms with Crippen molar-refractivity contribution < 1.29 is 14.2 Å². The van der Waals surface area contributed by atoms with Gasteiger partial charge >= 0.3 is 0 Å². The minimum Gasteiger partial charge on any atom is -0.491 e. The fourth-order valence-corrected chi connectivity index (χ4v) is 3.50. The van der Waals surface area contributed by atoms with Crippen molar-refractivity contribution in [1.29, 1.82) is 0 Å². The standard InChI is InChI=1S/C20H31N3O3/c1-15(2)26-17-7-4-6-16(12-17)13-22-20(21-3)23-9-11-25-19(14-23)18-8-5-10-24-18/h4,6-7,12,15,18-19H,5,8-11,13-14H2,1-3H3,(H,21,22). The molecule has 2 atom stereocenters. The molecule has 1 aromatic rings. The molecule has 1 N–H and O–H groups in total. The van der Waals surface area contributed by atoms with Crippen molar-refractivity contribution in [1.82, 2.24) is 10.2 Å². The number of nitrogens with one attached hydrogen (secondary N) is 1. The third-order valence-electron chi connectivity index (χ3n) is 4.71. The van der Waals surface area contributed by atoms with Gasteiger partial charge in [0.25, 0.3) is 0 Å². The van der Waals surface area contributed by atoms with Crippen LogP contribution < -0.4 is 10.1 Å². The number of hydrogen-bond donors (Lipinski definition) is 1. The lowest BCUT2D eigenvalue weighted by Crippen LogP contribution is -2.53. The number of morpholine rings is 1. The molecule has 0 spiro atoms. The van der Waals surface area contributed by atoms with Gasteiger partial charge < -0.3 is 24.4 Å². The average Bonchev–Trinajstić information content (AvgIpc) is 3.17. The highest BCUT2D eigenvalue weighted by Gasteiger charge is 2.32. The summed E-state index contributed by atoms with van der Waals surface area (Å²) in [6, 6.07) is 8.20. The monoisotopic (exact) mass is 361 g/mol. The van der Waals surface area contributed by atoms with Crippen molar-refractivity contribution in [2.24, 2.45) is 4.99 Å². The molecule has 0 saturated carbocycles. The van der Waals surface area contributed by atoms with Crippen molar-refractivity contribution in [3.05, 3.63) is 29.8 Å². The van der Waals surface area contributed by atoms with Crippen molar-refractivity contribution in [3.8, 4) is 5.75 Å². The molecule has 0 aliphatic carbocycles. The highest BCUT2D eigenvalue weighted by atomic mass is 16.5. The largest absolute Gasteiger partial charge is 0.491 e. The molecular weight excluding hydrogens is 330 g/mol. The van der Waals surface area contributed by atoms with Gasteiger partial charge in [-0.05, 0) is 44.4 Å². The number of aliphatic imine (C=N–C) groups is 1. The first kappa shape index (κ1) is 19.0. The first-order valence-corrected chi connectivity index (χ1v) is 9.60. The Morgan fingerprint density at radius 2 is 2.15 bits per heavy atom. The van der Waals surface area contributed by atoms with Crippen LogP contribution in [0.25, 0.3) is 0 Å². The Kier molecular flexibility index (Phi) is 6.74. The van der Waals surface area contributed by atoms with Gasteiger partial charge in [-0.1, -0.05) is 12.1 Å². The van der Waals surface area contributed by atoms with Gasteiger partial charge in [-0.15, -0.1) is 0 Å². The number of ether oxygens (including phenoxy) is 3. The van der Waals surface area contributed by atoms with Gasteiger partial charge in [0, 0.05) is 33.3 Å². The van der Waals surface area contributed by atoms with Crippen LogP contribution in [0.5, 0.6) is 5.75 Å². The summed E-state index contributed by atoms with van der Waals surface area (Å²) in [4.78, 5) is 6.73. The quantitative estimate of drug-likeness (QED) is 0.645. The maximum absolute atomic E-state index is 5.94. The maximum atomic E-state index is 5.94. The summed E-state index contributed by atoms with van der Waals surface area (Å²) in [6.07, 6.45) is 2.75. The zero-order valence-electron chi connectivity index (χ0n) is 16.1. The van der Waals surface area contributed by atoms with E-state index in [-0.39, 0.29) is 18.3 Å². The zero-order chi connectivity index (χ0) is 18.4. The lowest BCUT2D eigenvalue weighted by atomic mass is 10.1. The Labute approximate surface area is 156 Å². The predicted octanol–water partition coefficient (Wildman–Crippen LogP) is 2.43. The highest BCUT2D eigenvalue weighted by Crippen LogP contribution is 2.21. The molecule has 0 bridgehead atoms. The third kappa shape index (κ3) is 5.11. The fourth-order valence-electron chi connectivity index (χ4n) is 3.50. The number of benzene rings is 1. The Morgan fingerprint density at radius 1 is 1.31 bits per heavy atom. The van der Waals surface area contributed by atoms with Crippen molar-refractivity contribution in [2.45, 2.75) is 51.5 Å². The van der Waals surface area contributed by atoms with Crippen LogP contribution >= 0.6 is 0 Å². The first-order chi connectivity index (χ1) is 12.7. The van der Waals surface area contributed by atoms with Crippen LogP contribution in [0.15, 0.2) is 29.3 Å². The first-order valence-electron chi connectivity index (χ1n) is 9.60. The Balaban J connectivity index is 1.56. The Bertz CT molecular complexity index is 600. The fraction of sp³-hybridized carbons (Fsp3) is 0.650. The molecule has 2 saturated heterocycles. The molecule has 3 rings (SSSR count). The summed E-state index contributed by atoms with van der Waals surface area (Å²) < 4.78 is 17.5. The molecule has 0 amide bonds. The minimum atomic E-state index is 0.132. The molecular formula is C20H31N3O3. The van der Waals surface area contributed by atoms with E-state index in [1.807, 2.05) is 33.0 Å². The van der Waals surface area contributed by atoms with Gasteiger partial charge in [-0.2, -0.15) is 0 Å². The average molecular weight is 361 g/mol. The summed E-state index contributed by atoms with van der Waals surface area (Å²) >= 11 is 0. The van der Waals surface area contributed by atoms with E-state index in [0.717, 1.165) is 44.2 Å².